The van der Waals surface area contributed by atoms with Crippen LogP contribution in [0.15, 0.2) is 24.5 Å². The summed E-state index contributed by atoms with van der Waals surface area (Å²) in [6.07, 6.45) is 8.08. The van der Waals surface area contributed by atoms with Gasteiger partial charge in [0.1, 0.15) is 0 Å². The van der Waals surface area contributed by atoms with Gasteiger partial charge in [-0.1, -0.05) is 33.8 Å². The molecule has 0 heterocycles. The van der Waals surface area contributed by atoms with Gasteiger partial charge in [0.05, 0.1) is 5.76 Å². The van der Waals surface area contributed by atoms with Gasteiger partial charge in [-0.15, -0.1) is 6.58 Å². The maximum atomic E-state index is 6.43. The molecule has 1 aliphatic carbocycles. The van der Waals surface area contributed by atoms with Crippen molar-refractivity contribution in [3.05, 3.63) is 24.5 Å². The highest BCUT2D eigenvalue weighted by Gasteiger charge is 2.39. The first-order chi connectivity index (χ1) is 8.17. The fourth-order valence-corrected chi connectivity index (χ4v) is 3.20. The van der Waals surface area contributed by atoms with Crippen LogP contribution in [0.4, 0.5) is 0 Å². The van der Waals surface area contributed by atoms with Crippen LogP contribution in [0, 0.1) is 11.8 Å². The van der Waals surface area contributed by atoms with Crippen molar-refractivity contribution in [1.82, 2.24) is 0 Å². The lowest BCUT2D eigenvalue weighted by Gasteiger charge is -2.38. The van der Waals surface area contributed by atoms with Crippen LogP contribution < -0.4 is 0 Å². The molecule has 0 amide bonds. The number of rotatable bonds is 4. The third-order valence-electron chi connectivity index (χ3n) is 4.60. The zero-order valence-corrected chi connectivity index (χ0v) is 14.0. The maximum Gasteiger partial charge on any atom is 0.250 e. The van der Waals surface area contributed by atoms with Gasteiger partial charge in [-0.05, 0) is 48.9 Å². The van der Waals surface area contributed by atoms with Gasteiger partial charge in [0.2, 0.25) is 8.32 Å². The normalized spacial score (nSPS) is 23.2. The lowest BCUT2D eigenvalue weighted by molar-refractivity contribution is 0.321. The molecular weight excluding hydrogens is 236 g/mol. The average molecular weight is 267 g/mol. The van der Waals surface area contributed by atoms with Crippen molar-refractivity contribution in [3.8, 4) is 0 Å². The van der Waals surface area contributed by atoms with E-state index in [0.717, 1.165) is 6.42 Å². The van der Waals surface area contributed by atoms with E-state index in [1.165, 1.54) is 18.6 Å². The average Bonchev–Trinajstić information content (AvgIpc) is 2.26. The first-order valence-electron chi connectivity index (χ1n) is 7.19. The second-order valence-corrected chi connectivity index (χ2v) is 11.9. The van der Waals surface area contributed by atoms with E-state index >= 15 is 0 Å². The molecule has 0 radical (unpaired) electrons. The van der Waals surface area contributed by atoms with Crippen LogP contribution in [0.5, 0.6) is 0 Å². The minimum Gasteiger partial charge on any atom is -0.547 e. The smallest absolute Gasteiger partial charge is 0.250 e. The van der Waals surface area contributed by atoms with Crippen LogP contribution in [-0.2, 0) is 4.43 Å². The second-order valence-electron chi connectivity index (χ2n) is 7.15. The first kappa shape index (κ1) is 15.6. The van der Waals surface area contributed by atoms with E-state index < -0.39 is 8.32 Å². The summed E-state index contributed by atoms with van der Waals surface area (Å²) < 4.78 is 6.43. The SMILES string of the molecule is C=CC(C)C1C=C(O[Si](C)(C)C(C)(C)C)CCC1. The van der Waals surface area contributed by atoms with E-state index in [-0.39, 0.29) is 5.04 Å². The van der Waals surface area contributed by atoms with Gasteiger partial charge < -0.3 is 4.43 Å². The molecule has 0 aromatic heterocycles. The van der Waals surface area contributed by atoms with Crippen LogP contribution in [0.3, 0.4) is 0 Å². The van der Waals surface area contributed by atoms with Crippen LogP contribution in [0.1, 0.15) is 47.0 Å². The molecule has 2 unspecified atom stereocenters. The zero-order chi connectivity index (χ0) is 14.0. The van der Waals surface area contributed by atoms with E-state index in [4.69, 9.17) is 4.43 Å². The Morgan fingerprint density at radius 1 is 1.44 bits per heavy atom. The summed E-state index contributed by atoms with van der Waals surface area (Å²) in [5.74, 6) is 2.42. The summed E-state index contributed by atoms with van der Waals surface area (Å²) in [6, 6.07) is 0. The van der Waals surface area contributed by atoms with Gasteiger partial charge in [0.15, 0.2) is 0 Å². The summed E-state index contributed by atoms with van der Waals surface area (Å²) in [5.41, 5.74) is 0. The quantitative estimate of drug-likeness (QED) is 0.481. The van der Waals surface area contributed by atoms with Crippen molar-refractivity contribution in [2.24, 2.45) is 11.8 Å². The highest BCUT2D eigenvalue weighted by molar-refractivity contribution is 6.74. The van der Waals surface area contributed by atoms with Crippen LogP contribution in [0.2, 0.25) is 18.1 Å². The Morgan fingerprint density at radius 2 is 2.06 bits per heavy atom. The van der Waals surface area contributed by atoms with Crippen molar-refractivity contribution in [1.29, 1.82) is 0 Å². The molecule has 0 N–H and O–H groups in total. The van der Waals surface area contributed by atoms with Gasteiger partial charge >= 0.3 is 0 Å². The summed E-state index contributed by atoms with van der Waals surface area (Å²) in [5, 5.41) is 0.283. The van der Waals surface area contributed by atoms with Gasteiger partial charge in [-0.25, -0.2) is 0 Å². The van der Waals surface area contributed by atoms with E-state index in [2.05, 4.69) is 59.5 Å². The Morgan fingerprint density at radius 3 is 2.56 bits per heavy atom. The largest absolute Gasteiger partial charge is 0.547 e. The van der Waals surface area contributed by atoms with Gasteiger partial charge in [-0.3, -0.25) is 0 Å². The molecule has 0 fully saturated rings. The minimum absolute atomic E-state index is 0.283. The Hall–Kier alpha value is -0.503. The van der Waals surface area contributed by atoms with Gasteiger partial charge in [0.25, 0.3) is 0 Å². The topological polar surface area (TPSA) is 9.23 Å². The predicted molar refractivity (Wildman–Crippen MR) is 83.1 cm³/mol. The zero-order valence-electron chi connectivity index (χ0n) is 13.0. The summed E-state index contributed by atoms with van der Waals surface area (Å²) in [7, 11) is -1.66. The Balaban J connectivity index is 2.78. The Kier molecular flexibility index (Phi) is 4.88. The first-order valence-corrected chi connectivity index (χ1v) is 10.1. The molecule has 2 atom stereocenters. The molecule has 0 saturated carbocycles. The van der Waals surface area contributed by atoms with E-state index in [1.54, 1.807) is 0 Å². The van der Waals surface area contributed by atoms with Crippen LogP contribution >= 0.6 is 0 Å². The Bertz CT molecular complexity index is 322. The molecule has 0 saturated heterocycles. The van der Waals surface area contributed by atoms with E-state index in [9.17, 15) is 0 Å². The molecule has 104 valence electrons. The van der Waals surface area contributed by atoms with E-state index in [0.29, 0.717) is 11.8 Å². The fraction of sp³-hybridized carbons (Fsp3) is 0.750. The molecule has 0 bridgehead atoms. The standard InChI is InChI=1S/C16H30OSi/c1-8-13(2)14-10-9-11-15(12-14)17-18(6,7)16(3,4)5/h8,12-14H,1,9-11H2,2-7H3. The third-order valence-corrected chi connectivity index (χ3v) is 8.99. The van der Waals surface area contributed by atoms with Crippen molar-refractivity contribution in [3.63, 3.8) is 0 Å². The Labute approximate surface area is 114 Å². The molecule has 2 heteroatoms. The predicted octanol–water partition coefficient (Wildman–Crippen LogP) is 5.51. The van der Waals surface area contributed by atoms with Crippen molar-refractivity contribution < 1.29 is 4.43 Å². The summed E-state index contributed by atoms with van der Waals surface area (Å²) in [4.78, 5) is 0. The molecule has 0 aromatic rings. The summed E-state index contributed by atoms with van der Waals surface area (Å²) >= 11 is 0. The molecule has 0 aliphatic heterocycles. The molecule has 18 heavy (non-hydrogen) atoms. The highest BCUT2D eigenvalue weighted by Crippen LogP contribution is 2.40. The van der Waals surface area contributed by atoms with Crippen molar-refractivity contribution in [2.75, 3.05) is 0 Å². The van der Waals surface area contributed by atoms with Crippen LogP contribution in [0.25, 0.3) is 0 Å². The maximum absolute atomic E-state index is 6.43. The number of allylic oxidation sites excluding steroid dienone is 3. The van der Waals surface area contributed by atoms with Crippen LogP contribution in [-0.4, -0.2) is 8.32 Å². The molecule has 1 aliphatic rings. The highest BCUT2D eigenvalue weighted by atomic mass is 28.4. The van der Waals surface area contributed by atoms with E-state index in [1.807, 2.05) is 0 Å². The molecule has 1 nitrogen and oxygen atoms in total. The summed E-state index contributed by atoms with van der Waals surface area (Å²) in [6.45, 7) is 17.7. The molecular formula is C16H30OSi. The number of hydrogen-bond donors (Lipinski definition) is 0. The fourth-order valence-electron chi connectivity index (χ4n) is 2.07. The lowest BCUT2D eigenvalue weighted by atomic mass is 9.85. The minimum atomic E-state index is -1.66. The van der Waals surface area contributed by atoms with Gasteiger partial charge in [0, 0.05) is 6.42 Å². The van der Waals surface area contributed by atoms with Crippen molar-refractivity contribution >= 4 is 8.32 Å². The monoisotopic (exact) mass is 266 g/mol. The molecule has 0 aromatic carbocycles. The molecule has 0 spiro atoms. The second kappa shape index (κ2) is 5.64. The third kappa shape index (κ3) is 3.74. The lowest BCUT2D eigenvalue weighted by Crippen LogP contribution is -2.40. The van der Waals surface area contributed by atoms with Gasteiger partial charge in [-0.2, -0.15) is 0 Å². The number of hydrogen-bond acceptors (Lipinski definition) is 1. The van der Waals surface area contributed by atoms with Crippen molar-refractivity contribution in [2.45, 2.75) is 65.1 Å². The molecule has 1 rings (SSSR count).